The van der Waals surface area contributed by atoms with E-state index >= 15 is 0 Å². The van der Waals surface area contributed by atoms with Crippen molar-refractivity contribution in [3.05, 3.63) is 32.3 Å². The molecule has 0 spiro atoms. The third-order valence-electron chi connectivity index (χ3n) is 2.28. The highest BCUT2D eigenvalue weighted by Gasteiger charge is 2.31. The van der Waals surface area contributed by atoms with Crippen molar-refractivity contribution >= 4 is 44.9 Å². The van der Waals surface area contributed by atoms with Gasteiger partial charge in [-0.2, -0.15) is 4.72 Å². The number of hydrogen-bond donors (Lipinski definition) is 3. The largest absolute Gasteiger partial charge is 0.480 e. The highest BCUT2D eigenvalue weighted by atomic mass is 35.5. The molecule has 116 valence electrons. The van der Waals surface area contributed by atoms with Gasteiger partial charge in [0.2, 0.25) is 10.0 Å². The predicted octanol–water partition coefficient (Wildman–Crippen LogP) is 0.625. The Morgan fingerprint density at radius 1 is 1.43 bits per heavy atom. The number of aliphatic carboxylic acids is 1. The van der Waals surface area contributed by atoms with Crippen LogP contribution in [0.4, 0.5) is 5.69 Å². The van der Waals surface area contributed by atoms with Gasteiger partial charge in [0, 0.05) is 0 Å². The van der Waals surface area contributed by atoms with E-state index in [0.717, 1.165) is 12.1 Å². The molecule has 0 heterocycles. The molecule has 0 radical (unpaired) electrons. The summed E-state index contributed by atoms with van der Waals surface area (Å²) in [5.41, 5.74) is -0.822. The Hall–Kier alpha value is -1.46. The zero-order valence-electron chi connectivity index (χ0n) is 9.99. The Labute approximate surface area is 128 Å². The fraction of sp³-hybridized carbons (Fsp3) is 0.222. The van der Waals surface area contributed by atoms with Crippen LogP contribution in [-0.2, 0) is 14.8 Å². The average molecular weight is 359 g/mol. The summed E-state index contributed by atoms with van der Waals surface area (Å²) in [6.07, 6.45) is 0. The van der Waals surface area contributed by atoms with Crippen molar-refractivity contribution in [1.82, 2.24) is 4.72 Å². The van der Waals surface area contributed by atoms with Crippen molar-refractivity contribution in [3.8, 4) is 0 Å². The molecule has 21 heavy (non-hydrogen) atoms. The molecule has 0 aliphatic rings. The number of carbonyl (C=O) groups is 1. The molecule has 0 saturated carbocycles. The van der Waals surface area contributed by atoms with Gasteiger partial charge in [-0.25, -0.2) is 8.42 Å². The van der Waals surface area contributed by atoms with Crippen molar-refractivity contribution < 1.29 is 28.3 Å². The van der Waals surface area contributed by atoms with Crippen LogP contribution in [-0.4, -0.2) is 42.2 Å². The number of hydrogen-bond acceptors (Lipinski definition) is 6. The molecule has 0 fully saturated rings. The standard InChI is InChI=1S/C9H8Cl2N2O7S/c10-4-1-2-6(7(11)8(4)13(17)18)21(19,20)12-5(3-14)9(15)16/h1-2,5,12,14H,3H2,(H,15,16). The maximum absolute atomic E-state index is 12.0. The van der Waals surface area contributed by atoms with Crippen molar-refractivity contribution in [3.63, 3.8) is 0 Å². The number of carboxylic acid groups (broad SMARTS) is 1. The molecular formula is C9H8Cl2N2O7S. The monoisotopic (exact) mass is 358 g/mol. The quantitative estimate of drug-likeness (QED) is 0.498. The molecule has 0 amide bonds. The van der Waals surface area contributed by atoms with Crippen molar-refractivity contribution in [2.24, 2.45) is 0 Å². The molecule has 1 aromatic carbocycles. The summed E-state index contributed by atoms with van der Waals surface area (Å²) in [4.78, 5) is 19.8. The second kappa shape index (κ2) is 6.54. The summed E-state index contributed by atoms with van der Waals surface area (Å²) in [6.45, 7) is -1.01. The third-order valence-corrected chi connectivity index (χ3v) is 4.60. The summed E-state index contributed by atoms with van der Waals surface area (Å²) >= 11 is 11.2. The van der Waals surface area contributed by atoms with Gasteiger partial charge < -0.3 is 10.2 Å². The minimum absolute atomic E-state index is 0.374. The van der Waals surface area contributed by atoms with E-state index in [1.54, 1.807) is 4.72 Å². The number of nitro groups is 1. The van der Waals surface area contributed by atoms with E-state index in [0.29, 0.717) is 0 Å². The van der Waals surface area contributed by atoms with Crippen molar-refractivity contribution in [1.29, 1.82) is 0 Å². The Morgan fingerprint density at radius 2 is 2.00 bits per heavy atom. The molecule has 0 aliphatic heterocycles. The molecule has 1 aromatic rings. The van der Waals surface area contributed by atoms with Gasteiger partial charge in [0.15, 0.2) is 0 Å². The van der Waals surface area contributed by atoms with Gasteiger partial charge in [0.05, 0.1) is 11.5 Å². The molecule has 9 nitrogen and oxygen atoms in total. The van der Waals surface area contributed by atoms with Gasteiger partial charge in [-0.3, -0.25) is 14.9 Å². The van der Waals surface area contributed by atoms with Crippen LogP contribution in [0, 0.1) is 10.1 Å². The zero-order chi connectivity index (χ0) is 16.4. The fourth-order valence-corrected chi connectivity index (χ4v) is 3.38. The second-order valence-corrected chi connectivity index (χ2v) is 6.13. The lowest BCUT2D eigenvalue weighted by Gasteiger charge is -2.13. The first-order valence-electron chi connectivity index (χ1n) is 5.10. The molecule has 0 aliphatic carbocycles. The summed E-state index contributed by atoms with van der Waals surface area (Å²) in [5, 5.41) is 27.1. The van der Waals surface area contributed by atoms with Crippen LogP contribution in [0.25, 0.3) is 0 Å². The smallest absolute Gasteiger partial charge is 0.324 e. The molecular weight excluding hydrogens is 351 g/mol. The van der Waals surface area contributed by atoms with Gasteiger partial charge in [-0.05, 0) is 12.1 Å². The van der Waals surface area contributed by atoms with Crippen LogP contribution in [0.2, 0.25) is 10.0 Å². The van der Waals surface area contributed by atoms with Gasteiger partial charge in [0.1, 0.15) is 21.0 Å². The molecule has 12 heteroatoms. The number of aliphatic hydroxyl groups excluding tert-OH is 1. The number of rotatable bonds is 6. The maximum Gasteiger partial charge on any atom is 0.324 e. The molecule has 0 aromatic heterocycles. The van der Waals surface area contributed by atoms with E-state index in [1.165, 1.54) is 0 Å². The molecule has 0 bridgehead atoms. The SMILES string of the molecule is O=C(O)C(CO)NS(=O)(=O)c1ccc(Cl)c([N+](=O)[O-])c1Cl. The first-order chi connectivity index (χ1) is 9.61. The molecule has 0 saturated heterocycles. The lowest BCUT2D eigenvalue weighted by Crippen LogP contribution is -2.43. The number of aliphatic hydroxyl groups is 1. The average Bonchev–Trinajstić information content (AvgIpc) is 2.34. The van der Waals surface area contributed by atoms with E-state index < -0.39 is 49.2 Å². The van der Waals surface area contributed by atoms with Crippen LogP contribution in [0.5, 0.6) is 0 Å². The maximum atomic E-state index is 12.0. The van der Waals surface area contributed by atoms with Crippen LogP contribution in [0.15, 0.2) is 17.0 Å². The van der Waals surface area contributed by atoms with Crippen LogP contribution in [0.1, 0.15) is 0 Å². The zero-order valence-corrected chi connectivity index (χ0v) is 12.3. The van der Waals surface area contributed by atoms with Crippen LogP contribution < -0.4 is 4.72 Å². The third kappa shape index (κ3) is 3.80. The lowest BCUT2D eigenvalue weighted by atomic mass is 10.3. The topological polar surface area (TPSA) is 147 Å². The second-order valence-electron chi connectivity index (χ2n) is 3.66. The molecule has 1 atom stereocenters. The number of nitrogens with one attached hydrogen (secondary N) is 1. The summed E-state index contributed by atoms with van der Waals surface area (Å²) in [7, 11) is -4.51. The first-order valence-corrected chi connectivity index (χ1v) is 7.34. The van der Waals surface area contributed by atoms with Crippen LogP contribution in [0.3, 0.4) is 0 Å². The number of carboxylic acids is 1. The van der Waals surface area contributed by atoms with E-state index in [2.05, 4.69) is 0 Å². The summed E-state index contributed by atoms with van der Waals surface area (Å²) in [5.74, 6) is -1.62. The Bertz CT molecular complexity index is 692. The summed E-state index contributed by atoms with van der Waals surface area (Å²) in [6, 6.07) is 0.00584. The minimum Gasteiger partial charge on any atom is -0.480 e. The Balaban J connectivity index is 3.36. The number of halogens is 2. The van der Waals surface area contributed by atoms with E-state index in [1.807, 2.05) is 0 Å². The van der Waals surface area contributed by atoms with Crippen molar-refractivity contribution in [2.45, 2.75) is 10.9 Å². The fourth-order valence-electron chi connectivity index (χ4n) is 1.31. The van der Waals surface area contributed by atoms with E-state index in [9.17, 15) is 23.3 Å². The van der Waals surface area contributed by atoms with Gasteiger partial charge >= 0.3 is 11.7 Å². The van der Waals surface area contributed by atoms with Crippen LogP contribution >= 0.6 is 23.2 Å². The number of nitro benzene ring substituents is 1. The Morgan fingerprint density at radius 3 is 2.43 bits per heavy atom. The van der Waals surface area contributed by atoms with Gasteiger partial charge in [0.25, 0.3) is 0 Å². The highest BCUT2D eigenvalue weighted by molar-refractivity contribution is 7.89. The summed E-state index contributed by atoms with van der Waals surface area (Å²) < 4.78 is 25.6. The Kier molecular flexibility index (Phi) is 5.48. The highest BCUT2D eigenvalue weighted by Crippen LogP contribution is 2.37. The first kappa shape index (κ1) is 17.6. The van der Waals surface area contributed by atoms with Gasteiger partial charge in [-0.1, -0.05) is 23.2 Å². The van der Waals surface area contributed by atoms with E-state index in [4.69, 9.17) is 33.4 Å². The molecule has 1 rings (SSSR count). The number of benzene rings is 1. The minimum atomic E-state index is -4.51. The number of sulfonamides is 1. The predicted molar refractivity (Wildman–Crippen MR) is 71.9 cm³/mol. The van der Waals surface area contributed by atoms with Gasteiger partial charge in [-0.15, -0.1) is 0 Å². The van der Waals surface area contributed by atoms with Crippen molar-refractivity contribution in [2.75, 3.05) is 6.61 Å². The van der Waals surface area contributed by atoms with E-state index in [-0.39, 0.29) is 5.02 Å². The number of nitrogens with zero attached hydrogens (tertiary/aromatic N) is 1. The molecule has 1 unspecified atom stereocenters. The normalized spacial score (nSPS) is 12.9. The molecule has 3 N–H and O–H groups in total. The lowest BCUT2D eigenvalue weighted by molar-refractivity contribution is -0.384.